The topological polar surface area (TPSA) is 20.2 Å². The van der Waals surface area contributed by atoms with E-state index in [0.717, 1.165) is 17.8 Å². The first kappa shape index (κ1) is 22.5. The third-order valence-corrected chi connectivity index (χ3v) is 13.2. The van der Waals surface area contributed by atoms with E-state index < -0.39 is 0 Å². The van der Waals surface area contributed by atoms with Crippen molar-refractivity contribution in [1.29, 1.82) is 0 Å². The average molecular weight is 427 g/mol. The van der Waals surface area contributed by atoms with Crippen LogP contribution in [-0.2, 0) is 0 Å². The number of fused-ring (bicyclic) bond motifs is 7. The lowest BCUT2D eigenvalue weighted by atomic mass is 9.33. The summed E-state index contributed by atoms with van der Waals surface area (Å²) in [6.07, 6.45) is 16.3. The minimum absolute atomic E-state index is 0.161. The summed E-state index contributed by atoms with van der Waals surface area (Å²) in [7, 11) is 0. The van der Waals surface area contributed by atoms with Gasteiger partial charge in [-0.25, -0.2) is 0 Å². The maximum atomic E-state index is 10.7. The summed E-state index contributed by atoms with van der Waals surface area (Å²) in [6.45, 7) is 18.6. The second kappa shape index (κ2) is 6.86. The lowest BCUT2D eigenvalue weighted by Crippen LogP contribution is -2.63. The van der Waals surface area contributed by atoms with Crippen molar-refractivity contribution < 1.29 is 5.11 Å². The van der Waals surface area contributed by atoms with Gasteiger partial charge in [-0.15, -0.1) is 0 Å². The van der Waals surface area contributed by atoms with Crippen molar-refractivity contribution in [1.82, 2.24) is 0 Å². The third-order valence-electron chi connectivity index (χ3n) is 13.2. The zero-order chi connectivity index (χ0) is 22.4. The molecule has 0 aromatic heterocycles. The highest BCUT2D eigenvalue weighted by molar-refractivity contribution is 5.34. The standard InChI is InChI=1S/C30H50O/c1-20-11-16-30(19-31)18-17-28(6)22(25(30)21(20)2)9-10-24-27(5)14-8-13-26(3,4)23(27)12-15-29(24,28)7/h9,20-21,23-25,31H,8,10-19H2,1-7H3. The van der Waals surface area contributed by atoms with E-state index in [0.29, 0.717) is 40.1 Å². The van der Waals surface area contributed by atoms with Gasteiger partial charge in [0.15, 0.2) is 0 Å². The number of hydrogen-bond acceptors (Lipinski definition) is 1. The van der Waals surface area contributed by atoms with Gasteiger partial charge in [0.05, 0.1) is 0 Å². The van der Waals surface area contributed by atoms with E-state index in [1.807, 2.05) is 0 Å². The molecule has 176 valence electrons. The molecular formula is C30H50O. The summed E-state index contributed by atoms with van der Waals surface area (Å²) in [5.41, 5.74) is 3.69. The highest BCUT2D eigenvalue weighted by Crippen LogP contribution is 2.75. The summed E-state index contributed by atoms with van der Waals surface area (Å²) in [4.78, 5) is 0. The molecule has 0 aliphatic heterocycles. The Kier molecular flexibility index (Phi) is 4.98. The zero-order valence-electron chi connectivity index (χ0n) is 21.7. The molecule has 0 amide bonds. The molecule has 9 atom stereocenters. The Labute approximate surface area is 192 Å². The lowest BCUT2D eigenvalue weighted by molar-refractivity contribution is -0.184. The van der Waals surface area contributed by atoms with Gasteiger partial charge in [0, 0.05) is 12.0 Å². The maximum Gasteiger partial charge on any atom is 0.0493 e. The molecule has 0 aromatic carbocycles. The number of rotatable bonds is 1. The van der Waals surface area contributed by atoms with E-state index in [2.05, 4.69) is 54.5 Å². The first-order chi connectivity index (χ1) is 14.5. The summed E-state index contributed by atoms with van der Waals surface area (Å²) in [5.74, 6) is 3.80. The Morgan fingerprint density at radius 2 is 1.61 bits per heavy atom. The van der Waals surface area contributed by atoms with Crippen LogP contribution >= 0.6 is 0 Å². The van der Waals surface area contributed by atoms with Crippen molar-refractivity contribution in [3.8, 4) is 0 Å². The number of allylic oxidation sites excluding steroid dienone is 2. The number of aliphatic hydroxyl groups is 1. The van der Waals surface area contributed by atoms with E-state index in [-0.39, 0.29) is 5.41 Å². The molecule has 1 nitrogen and oxygen atoms in total. The van der Waals surface area contributed by atoms with Gasteiger partial charge in [0.2, 0.25) is 0 Å². The molecule has 1 heteroatoms. The fourth-order valence-electron chi connectivity index (χ4n) is 11.0. The van der Waals surface area contributed by atoms with Crippen molar-refractivity contribution in [3.63, 3.8) is 0 Å². The molecule has 0 saturated heterocycles. The van der Waals surface area contributed by atoms with Gasteiger partial charge < -0.3 is 5.11 Å². The van der Waals surface area contributed by atoms with Crippen LogP contribution in [-0.4, -0.2) is 11.7 Å². The third kappa shape index (κ3) is 2.71. The minimum atomic E-state index is 0.161. The Hall–Kier alpha value is -0.300. The Balaban J connectivity index is 1.60. The molecule has 1 N–H and O–H groups in total. The molecule has 0 bridgehead atoms. The molecular weight excluding hydrogens is 376 g/mol. The van der Waals surface area contributed by atoms with Crippen LogP contribution in [0.3, 0.4) is 0 Å². The van der Waals surface area contributed by atoms with E-state index in [1.54, 1.807) is 5.57 Å². The van der Waals surface area contributed by atoms with E-state index in [1.165, 1.54) is 64.2 Å². The SMILES string of the molecule is CC1CCC2(CO)CCC3(C)C(=CCC4C5(C)CCCC(C)(C)C5CCC43C)C2C1C. The van der Waals surface area contributed by atoms with Crippen LogP contribution in [0.5, 0.6) is 0 Å². The monoisotopic (exact) mass is 426 g/mol. The van der Waals surface area contributed by atoms with Gasteiger partial charge in [-0.3, -0.25) is 0 Å². The van der Waals surface area contributed by atoms with Gasteiger partial charge in [-0.1, -0.05) is 66.5 Å². The van der Waals surface area contributed by atoms with Gasteiger partial charge >= 0.3 is 0 Å². The van der Waals surface area contributed by atoms with E-state index in [9.17, 15) is 5.11 Å². The first-order valence-corrected chi connectivity index (χ1v) is 13.8. The smallest absolute Gasteiger partial charge is 0.0493 e. The zero-order valence-corrected chi connectivity index (χ0v) is 21.7. The molecule has 5 aliphatic rings. The van der Waals surface area contributed by atoms with Crippen LogP contribution in [0, 0.1) is 56.7 Å². The van der Waals surface area contributed by atoms with Crippen molar-refractivity contribution in [2.75, 3.05) is 6.61 Å². The van der Waals surface area contributed by atoms with Crippen LogP contribution in [0.2, 0.25) is 0 Å². The van der Waals surface area contributed by atoms with Gasteiger partial charge in [0.25, 0.3) is 0 Å². The molecule has 9 unspecified atom stereocenters. The molecule has 5 aliphatic carbocycles. The van der Waals surface area contributed by atoms with Crippen LogP contribution in [0.15, 0.2) is 11.6 Å². The van der Waals surface area contributed by atoms with Crippen molar-refractivity contribution >= 4 is 0 Å². The van der Waals surface area contributed by atoms with Crippen LogP contribution < -0.4 is 0 Å². The Morgan fingerprint density at radius 1 is 0.871 bits per heavy atom. The Morgan fingerprint density at radius 3 is 2.32 bits per heavy atom. The highest BCUT2D eigenvalue weighted by Gasteiger charge is 2.67. The molecule has 4 saturated carbocycles. The molecule has 0 radical (unpaired) electrons. The molecule has 4 fully saturated rings. The average Bonchev–Trinajstić information content (AvgIpc) is 2.70. The van der Waals surface area contributed by atoms with Gasteiger partial charge in [0.1, 0.15) is 0 Å². The molecule has 31 heavy (non-hydrogen) atoms. The second-order valence-corrected chi connectivity index (χ2v) is 14.5. The van der Waals surface area contributed by atoms with Crippen molar-refractivity contribution in [2.24, 2.45) is 56.7 Å². The number of hydrogen-bond donors (Lipinski definition) is 1. The molecule has 0 heterocycles. The van der Waals surface area contributed by atoms with Crippen molar-refractivity contribution in [3.05, 3.63) is 11.6 Å². The summed E-state index contributed by atoms with van der Waals surface area (Å²) >= 11 is 0. The molecule has 0 aromatic rings. The Bertz CT molecular complexity index is 764. The highest BCUT2D eigenvalue weighted by atomic mass is 16.3. The fraction of sp³-hybridized carbons (Fsp3) is 0.933. The first-order valence-electron chi connectivity index (χ1n) is 13.8. The quantitative estimate of drug-likeness (QED) is 0.421. The van der Waals surface area contributed by atoms with E-state index >= 15 is 0 Å². The lowest BCUT2D eigenvalue weighted by Gasteiger charge is -2.71. The van der Waals surface area contributed by atoms with Crippen LogP contribution in [0.4, 0.5) is 0 Å². The van der Waals surface area contributed by atoms with Gasteiger partial charge in [-0.05, 0) is 109 Å². The summed E-state index contributed by atoms with van der Waals surface area (Å²) < 4.78 is 0. The minimum Gasteiger partial charge on any atom is -0.396 e. The fourth-order valence-corrected chi connectivity index (χ4v) is 11.0. The second-order valence-electron chi connectivity index (χ2n) is 14.5. The molecule has 0 spiro atoms. The summed E-state index contributed by atoms with van der Waals surface area (Å²) in [6, 6.07) is 0. The van der Waals surface area contributed by atoms with Crippen LogP contribution in [0.1, 0.15) is 113 Å². The van der Waals surface area contributed by atoms with E-state index in [4.69, 9.17) is 0 Å². The predicted molar refractivity (Wildman–Crippen MR) is 131 cm³/mol. The normalized spacial score (nSPS) is 55.9. The van der Waals surface area contributed by atoms with Gasteiger partial charge in [-0.2, -0.15) is 0 Å². The maximum absolute atomic E-state index is 10.7. The van der Waals surface area contributed by atoms with Crippen molar-refractivity contribution in [2.45, 2.75) is 113 Å². The molecule has 5 rings (SSSR count). The number of aliphatic hydroxyl groups excluding tert-OH is 1. The summed E-state index contributed by atoms with van der Waals surface area (Å²) in [5, 5.41) is 10.7. The predicted octanol–water partition coefficient (Wildman–Crippen LogP) is 8.03. The largest absolute Gasteiger partial charge is 0.396 e. The van der Waals surface area contributed by atoms with Crippen LogP contribution in [0.25, 0.3) is 0 Å².